The van der Waals surface area contributed by atoms with E-state index in [1.165, 1.54) is 0 Å². The Morgan fingerprint density at radius 1 is 1.47 bits per heavy atom. The molecule has 0 atom stereocenters. The molecule has 0 aromatic carbocycles. The molecule has 0 aliphatic rings. The van der Waals surface area contributed by atoms with E-state index >= 15 is 0 Å². The second-order valence-corrected chi connectivity index (χ2v) is 3.78. The molecule has 0 amide bonds. The summed E-state index contributed by atoms with van der Waals surface area (Å²) in [6.45, 7) is 6.31. The van der Waals surface area contributed by atoms with Gasteiger partial charge in [0.25, 0.3) is 0 Å². The SMILES string of the molecule is CCNCCCNc1c([N+](=O)[O-])nc(C)n1C. The molecule has 96 valence electrons. The summed E-state index contributed by atoms with van der Waals surface area (Å²) in [6, 6.07) is 0. The van der Waals surface area contributed by atoms with Crippen LogP contribution in [-0.2, 0) is 7.05 Å². The Morgan fingerprint density at radius 3 is 2.76 bits per heavy atom. The molecule has 0 fully saturated rings. The maximum atomic E-state index is 10.8. The van der Waals surface area contributed by atoms with Gasteiger partial charge in [0.05, 0.1) is 0 Å². The Morgan fingerprint density at radius 2 is 2.18 bits per heavy atom. The number of imidazole rings is 1. The molecule has 0 spiro atoms. The molecular formula is C10H19N5O2. The van der Waals surface area contributed by atoms with Crippen molar-refractivity contribution in [1.29, 1.82) is 0 Å². The zero-order valence-electron chi connectivity index (χ0n) is 10.5. The van der Waals surface area contributed by atoms with Gasteiger partial charge in [-0.2, -0.15) is 0 Å². The lowest BCUT2D eigenvalue weighted by molar-refractivity contribution is -0.388. The second kappa shape index (κ2) is 6.19. The molecule has 0 aliphatic heterocycles. The monoisotopic (exact) mass is 241 g/mol. The van der Waals surface area contributed by atoms with E-state index in [1.54, 1.807) is 18.5 Å². The van der Waals surface area contributed by atoms with Crippen LogP contribution in [0.1, 0.15) is 19.2 Å². The van der Waals surface area contributed by atoms with Crippen molar-refractivity contribution < 1.29 is 4.92 Å². The third-order valence-electron chi connectivity index (χ3n) is 2.55. The normalized spacial score (nSPS) is 10.5. The summed E-state index contributed by atoms with van der Waals surface area (Å²) >= 11 is 0. The lowest BCUT2D eigenvalue weighted by Gasteiger charge is -2.06. The van der Waals surface area contributed by atoms with Crippen molar-refractivity contribution in [3.63, 3.8) is 0 Å². The fourth-order valence-electron chi connectivity index (χ4n) is 1.51. The van der Waals surface area contributed by atoms with Gasteiger partial charge in [-0.1, -0.05) is 6.92 Å². The van der Waals surface area contributed by atoms with Crippen LogP contribution in [0.2, 0.25) is 0 Å². The Bertz CT molecular complexity index is 388. The summed E-state index contributed by atoms with van der Waals surface area (Å²) < 4.78 is 1.70. The first kappa shape index (κ1) is 13.4. The van der Waals surface area contributed by atoms with Gasteiger partial charge in [0.1, 0.15) is 0 Å². The summed E-state index contributed by atoms with van der Waals surface area (Å²) in [4.78, 5) is 14.3. The van der Waals surface area contributed by atoms with Gasteiger partial charge in [-0.15, -0.1) is 0 Å². The topological polar surface area (TPSA) is 85.0 Å². The van der Waals surface area contributed by atoms with E-state index < -0.39 is 4.92 Å². The molecule has 0 radical (unpaired) electrons. The zero-order valence-corrected chi connectivity index (χ0v) is 10.5. The summed E-state index contributed by atoms with van der Waals surface area (Å²) in [7, 11) is 1.77. The summed E-state index contributed by atoms with van der Waals surface area (Å²) in [5.41, 5.74) is 0. The number of rotatable bonds is 7. The molecule has 0 unspecified atom stereocenters. The van der Waals surface area contributed by atoms with Crippen LogP contribution in [0.15, 0.2) is 0 Å². The van der Waals surface area contributed by atoms with Gasteiger partial charge >= 0.3 is 5.82 Å². The maximum absolute atomic E-state index is 10.8. The minimum absolute atomic E-state index is 0.103. The van der Waals surface area contributed by atoms with Gasteiger partial charge in [-0.05, 0) is 29.4 Å². The number of nitrogens with zero attached hydrogens (tertiary/aromatic N) is 3. The number of nitrogens with one attached hydrogen (secondary N) is 2. The number of aryl methyl sites for hydroxylation is 1. The van der Waals surface area contributed by atoms with E-state index in [1.807, 2.05) is 6.92 Å². The Labute approximate surface area is 100 Å². The Hall–Kier alpha value is -1.63. The van der Waals surface area contributed by atoms with Crippen molar-refractivity contribution in [3.05, 3.63) is 15.9 Å². The average molecular weight is 241 g/mol. The lowest BCUT2D eigenvalue weighted by Crippen LogP contribution is -2.18. The number of nitro groups is 1. The number of anilines is 1. The highest BCUT2D eigenvalue weighted by Gasteiger charge is 2.22. The first-order valence-electron chi connectivity index (χ1n) is 5.70. The Balaban J connectivity index is 2.60. The smallest absolute Gasteiger partial charge is 0.364 e. The third kappa shape index (κ3) is 3.42. The molecule has 17 heavy (non-hydrogen) atoms. The molecule has 0 bridgehead atoms. The lowest BCUT2D eigenvalue weighted by atomic mass is 10.4. The van der Waals surface area contributed by atoms with Crippen molar-refractivity contribution in [2.45, 2.75) is 20.3 Å². The van der Waals surface area contributed by atoms with Crippen molar-refractivity contribution >= 4 is 11.6 Å². The first-order valence-corrected chi connectivity index (χ1v) is 5.70. The molecule has 7 heteroatoms. The van der Waals surface area contributed by atoms with Crippen LogP contribution in [0.4, 0.5) is 11.6 Å². The first-order chi connectivity index (χ1) is 8.07. The standard InChI is InChI=1S/C10H19N5O2/c1-4-11-6-5-7-12-9-10(15(16)17)13-8(2)14(9)3/h11-12H,4-7H2,1-3H3. The summed E-state index contributed by atoms with van der Waals surface area (Å²) in [5, 5.41) is 17.1. The van der Waals surface area contributed by atoms with E-state index in [9.17, 15) is 10.1 Å². The van der Waals surface area contributed by atoms with Crippen molar-refractivity contribution in [2.24, 2.45) is 7.05 Å². The quantitative estimate of drug-likeness (QED) is 0.423. The number of hydrogen-bond donors (Lipinski definition) is 2. The molecule has 1 aromatic heterocycles. The highest BCUT2D eigenvalue weighted by molar-refractivity contribution is 5.53. The van der Waals surface area contributed by atoms with E-state index in [-0.39, 0.29) is 5.82 Å². The fraction of sp³-hybridized carbons (Fsp3) is 0.700. The number of aromatic nitrogens is 2. The molecule has 2 N–H and O–H groups in total. The third-order valence-corrected chi connectivity index (χ3v) is 2.55. The fourth-order valence-corrected chi connectivity index (χ4v) is 1.51. The highest BCUT2D eigenvalue weighted by Crippen LogP contribution is 2.23. The van der Waals surface area contributed by atoms with E-state index in [2.05, 4.69) is 15.6 Å². The minimum Gasteiger partial charge on any atom is -0.364 e. The zero-order chi connectivity index (χ0) is 12.8. The molecule has 1 heterocycles. The molecule has 1 rings (SSSR count). The van der Waals surface area contributed by atoms with Crippen LogP contribution in [0, 0.1) is 17.0 Å². The Kier molecular flexibility index (Phi) is 4.89. The number of hydrogen-bond acceptors (Lipinski definition) is 5. The van der Waals surface area contributed by atoms with Crippen molar-refractivity contribution in [3.8, 4) is 0 Å². The van der Waals surface area contributed by atoms with Crippen LogP contribution >= 0.6 is 0 Å². The van der Waals surface area contributed by atoms with Gasteiger partial charge < -0.3 is 20.7 Å². The molecule has 0 saturated heterocycles. The maximum Gasteiger partial charge on any atom is 0.406 e. The van der Waals surface area contributed by atoms with Gasteiger partial charge in [-0.3, -0.25) is 4.57 Å². The molecule has 7 nitrogen and oxygen atoms in total. The van der Waals surface area contributed by atoms with Gasteiger partial charge in [0, 0.05) is 20.5 Å². The summed E-state index contributed by atoms with van der Waals surface area (Å²) in [5.74, 6) is 1.00. The van der Waals surface area contributed by atoms with Crippen LogP contribution in [0.25, 0.3) is 0 Å². The van der Waals surface area contributed by atoms with Crippen LogP contribution in [0.3, 0.4) is 0 Å². The van der Waals surface area contributed by atoms with Crippen molar-refractivity contribution in [1.82, 2.24) is 14.9 Å². The van der Waals surface area contributed by atoms with E-state index in [4.69, 9.17) is 0 Å². The average Bonchev–Trinajstić information content (AvgIpc) is 2.57. The van der Waals surface area contributed by atoms with Crippen LogP contribution in [0.5, 0.6) is 0 Å². The van der Waals surface area contributed by atoms with E-state index in [0.717, 1.165) is 19.5 Å². The molecule has 0 aliphatic carbocycles. The van der Waals surface area contributed by atoms with Crippen LogP contribution in [-0.4, -0.2) is 34.1 Å². The van der Waals surface area contributed by atoms with Crippen molar-refractivity contribution in [2.75, 3.05) is 25.0 Å². The summed E-state index contributed by atoms with van der Waals surface area (Å²) in [6.07, 6.45) is 0.912. The van der Waals surface area contributed by atoms with Gasteiger partial charge in [0.2, 0.25) is 11.6 Å². The second-order valence-electron chi connectivity index (χ2n) is 3.78. The van der Waals surface area contributed by atoms with Crippen LogP contribution < -0.4 is 10.6 Å². The predicted molar refractivity (Wildman–Crippen MR) is 66.2 cm³/mol. The molecule has 0 saturated carbocycles. The molecule has 1 aromatic rings. The van der Waals surface area contributed by atoms with Gasteiger partial charge in [-0.25, -0.2) is 0 Å². The highest BCUT2D eigenvalue weighted by atomic mass is 16.6. The van der Waals surface area contributed by atoms with E-state index in [0.29, 0.717) is 18.2 Å². The predicted octanol–water partition coefficient (Wildman–Crippen LogP) is 1.05. The molecular weight excluding hydrogens is 222 g/mol. The van der Waals surface area contributed by atoms with Gasteiger partial charge in [0.15, 0.2) is 0 Å². The minimum atomic E-state index is -0.459. The largest absolute Gasteiger partial charge is 0.406 e.